The van der Waals surface area contributed by atoms with Crippen molar-refractivity contribution in [2.45, 2.75) is 65.6 Å². The lowest BCUT2D eigenvalue weighted by Gasteiger charge is -2.33. The Kier molecular flexibility index (Phi) is 5.57. The molecule has 2 atom stereocenters. The Bertz CT molecular complexity index is 130. The molecule has 2 nitrogen and oxygen atoms in total. The van der Waals surface area contributed by atoms with E-state index in [2.05, 4.69) is 20.8 Å². The van der Waals surface area contributed by atoms with Crippen molar-refractivity contribution in [1.29, 1.82) is 0 Å². The third-order valence-corrected chi connectivity index (χ3v) is 3.39. The summed E-state index contributed by atoms with van der Waals surface area (Å²) in [4.78, 5) is 0. The predicted octanol–water partition coefficient (Wildman–Crippen LogP) is 2.33. The molecule has 0 aliphatic carbocycles. The predicted molar refractivity (Wildman–Crippen MR) is 55.6 cm³/mol. The largest absolute Gasteiger partial charge is 0.393 e. The Morgan fingerprint density at radius 1 is 1.08 bits per heavy atom. The van der Waals surface area contributed by atoms with Crippen LogP contribution in [0.5, 0.6) is 0 Å². The Morgan fingerprint density at radius 2 is 1.54 bits per heavy atom. The molecule has 0 aromatic carbocycles. The Hall–Kier alpha value is -0.0800. The van der Waals surface area contributed by atoms with Crippen LogP contribution in [0.2, 0.25) is 0 Å². The van der Waals surface area contributed by atoms with Crippen molar-refractivity contribution >= 4 is 0 Å². The van der Waals surface area contributed by atoms with Crippen LogP contribution in [-0.4, -0.2) is 22.4 Å². The van der Waals surface area contributed by atoms with Gasteiger partial charge in [0.1, 0.15) is 0 Å². The second-order valence-corrected chi connectivity index (χ2v) is 4.17. The topological polar surface area (TPSA) is 40.5 Å². The molecule has 0 heterocycles. The molecule has 80 valence electrons. The van der Waals surface area contributed by atoms with E-state index in [1.54, 1.807) is 0 Å². The third-order valence-electron chi connectivity index (χ3n) is 3.39. The van der Waals surface area contributed by atoms with E-state index >= 15 is 0 Å². The van der Waals surface area contributed by atoms with Crippen LogP contribution in [0, 0.1) is 5.41 Å². The summed E-state index contributed by atoms with van der Waals surface area (Å²) < 4.78 is 0. The van der Waals surface area contributed by atoms with Gasteiger partial charge in [-0.05, 0) is 31.1 Å². The van der Waals surface area contributed by atoms with Crippen LogP contribution in [0.15, 0.2) is 0 Å². The zero-order valence-electron chi connectivity index (χ0n) is 9.38. The van der Waals surface area contributed by atoms with E-state index in [1.807, 2.05) is 6.92 Å². The molecule has 0 aromatic rings. The Morgan fingerprint density at radius 3 is 1.85 bits per heavy atom. The molecule has 0 amide bonds. The SMILES string of the molecule is CCC(O)CC(O)C(C)(CC)CC. The smallest absolute Gasteiger partial charge is 0.0618 e. The lowest BCUT2D eigenvalue weighted by atomic mass is 9.77. The molecule has 0 aliphatic heterocycles. The monoisotopic (exact) mass is 188 g/mol. The van der Waals surface area contributed by atoms with E-state index in [1.165, 1.54) is 0 Å². The molecule has 0 aliphatic rings. The summed E-state index contributed by atoms with van der Waals surface area (Å²) >= 11 is 0. The van der Waals surface area contributed by atoms with Gasteiger partial charge < -0.3 is 10.2 Å². The molecule has 0 bridgehead atoms. The highest BCUT2D eigenvalue weighted by Crippen LogP contribution is 2.32. The van der Waals surface area contributed by atoms with Crippen molar-refractivity contribution in [3.63, 3.8) is 0 Å². The molecule has 0 aromatic heterocycles. The fourth-order valence-corrected chi connectivity index (χ4v) is 1.43. The minimum atomic E-state index is -0.377. The van der Waals surface area contributed by atoms with Gasteiger partial charge in [-0.15, -0.1) is 0 Å². The molecule has 2 heteroatoms. The highest BCUT2D eigenvalue weighted by Gasteiger charge is 2.30. The first-order valence-electron chi connectivity index (χ1n) is 5.36. The third kappa shape index (κ3) is 3.65. The number of hydrogen-bond donors (Lipinski definition) is 2. The molecule has 0 spiro atoms. The number of aliphatic hydroxyl groups is 2. The van der Waals surface area contributed by atoms with Gasteiger partial charge in [-0.2, -0.15) is 0 Å². The van der Waals surface area contributed by atoms with Gasteiger partial charge in [0.2, 0.25) is 0 Å². The van der Waals surface area contributed by atoms with Crippen molar-refractivity contribution in [1.82, 2.24) is 0 Å². The normalized spacial score (nSPS) is 17.1. The van der Waals surface area contributed by atoms with Crippen molar-refractivity contribution in [2.24, 2.45) is 5.41 Å². The number of rotatable bonds is 6. The zero-order chi connectivity index (χ0) is 10.5. The summed E-state index contributed by atoms with van der Waals surface area (Å²) in [6.45, 7) is 8.20. The number of aliphatic hydroxyl groups excluding tert-OH is 2. The van der Waals surface area contributed by atoms with Crippen LogP contribution in [-0.2, 0) is 0 Å². The minimum Gasteiger partial charge on any atom is -0.393 e. The molecule has 2 unspecified atom stereocenters. The summed E-state index contributed by atoms with van der Waals surface area (Å²) in [6, 6.07) is 0. The quantitative estimate of drug-likeness (QED) is 0.671. The first-order valence-corrected chi connectivity index (χ1v) is 5.36. The van der Waals surface area contributed by atoms with Gasteiger partial charge in [0, 0.05) is 0 Å². The van der Waals surface area contributed by atoms with Crippen LogP contribution < -0.4 is 0 Å². The van der Waals surface area contributed by atoms with E-state index in [4.69, 9.17) is 0 Å². The molecule has 13 heavy (non-hydrogen) atoms. The molecular weight excluding hydrogens is 164 g/mol. The van der Waals surface area contributed by atoms with E-state index < -0.39 is 0 Å². The van der Waals surface area contributed by atoms with Gasteiger partial charge in [-0.25, -0.2) is 0 Å². The van der Waals surface area contributed by atoms with Gasteiger partial charge in [0.05, 0.1) is 12.2 Å². The second kappa shape index (κ2) is 5.61. The van der Waals surface area contributed by atoms with Gasteiger partial charge in [0.15, 0.2) is 0 Å². The van der Waals surface area contributed by atoms with Gasteiger partial charge in [-0.3, -0.25) is 0 Å². The van der Waals surface area contributed by atoms with Crippen LogP contribution in [0.1, 0.15) is 53.4 Å². The van der Waals surface area contributed by atoms with E-state index in [9.17, 15) is 10.2 Å². The van der Waals surface area contributed by atoms with Crippen molar-refractivity contribution < 1.29 is 10.2 Å². The van der Waals surface area contributed by atoms with Crippen molar-refractivity contribution in [3.05, 3.63) is 0 Å². The highest BCUT2D eigenvalue weighted by atomic mass is 16.3. The summed E-state index contributed by atoms with van der Waals surface area (Å²) in [5.41, 5.74) is -0.0316. The fourth-order valence-electron chi connectivity index (χ4n) is 1.43. The lowest BCUT2D eigenvalue weighted by molar-refractivity contribution is -0.00916. The average Bonchev–Trinajstić information content (AvgIpc) is 2.16. The fraction of sp³-hybridized carbons (Fsp3) is 1.00. The van der Waals surface area contributed by atoms with Crippen molar-refractivity contribution in [3.8, 4) is 0 Å². The van der Waals surface area contributed by atoms with E-state index in [0.717, 1.165) is 19.3 Å². The second-order valence-electron chi connectivity index (χ2n) is 4.17. The highest BCUT2D eigenvalue weighted by molar-refractivity contribution is 4.81. The maximum absolute atomic E-state index is 9.91. The first-order chi connectivity index (χ1) is 6.00. The van der Waals surface area contributed by atoms with Crippen molar-refractivity contribution in [2.75, 3.05) is 0 Å². The summed E-state index contributed by atoms with van der Waals surface area (Å²) in [5, 5.41) is 19.3. The molecule has 2 N–H and O–H groups in total. The molecule has 0 fully saturated rings. The lowest BCUT2D eigenvalue weighted by Crippen LogP contribution is -2.34. The zero-order valence-corrected chi connectivity index (χ0v) is 9.38. The molecule has 0 radical (unpaired) electrons. The summed E-state index contributed by atoms with van der Waals surface area (Å²) in [5.74, 6) is 0. The molecular formula is C11H24O2. The van der Waals surface area contributed by atoms with E-state index in [-0.39, 0.29) is 17.6 Å². The average molecular weight is 188 g/mol. The molecule has 0 saturated heterocycles. The van der Waals surface area contributed by atoms with E-state index in [0.29, 0.717) is 6.42 Å². The maximum atomic E-state index is 9.91. The Balaban J connectivity index is 4.13. The Labute approximate surface area is 82.0 Å². The minimum absolute atomic E-state index is 0.0316. The van der Waals surface area contributed by atoms with Crippen LogP contribution in [0.4, 0.5) is 0 Å². The number of hydrogen-bond acceptors (Lipinski definition) is 2. The van der Waals surface area contributed by atoms with Gasteiger partial charge >= 0.3 is 0 Å². The molecule has 0 rings (SSSR count). The van der Waals surface area contributed by atoms with Crippen LogP contribution in [0.3, 0.4) is 0 Å². The van der Waals surface area contributed by atoms with Crippen LogP contribution in [0.25, 0.3) is 0 Å². The summed E-state index contributed by atoms with van der Waals surface area (Å²) in [7, 11) is 0. The standard InChI is InChI=1S/C11H24O2/c1-5-9(12)8-10(13)11(4,6-2)7-3/h9-10,12-13H,5-8H2,1-4H3. The maximum Gasteiger partial charge on any atom is 0.0618 e. The van der Waals surface area contributed by atoms with Gasteiger partial charge in [-0.1, -0.05) is 27.7 Å². The summed E-state index contributed by atoms with van der Waals surface area (Å²) in [6.07, 6.45) is 2.42. The van der Waals surface area contributed by atoms with Gasteiger partial charge in [0.25, 0.3) is 0 Å². The first kappa shape index (κ1) is 12.9. The van der Waals surface area contributed by atoms with Crippen LogP contribution >= 0.6 is 0 Å². The molecule has 0 saturated carbocycles.